The van der Waals surface area contributed by atoms with Crippen LogP contribution in [-0.2, 0) is 4.79 Å². The second-order valence-electron chi connectivity index (χ2n) is 5.62. The van der Waals surface area contributed by atoms with E-state index in [2.05, 4.69) is 19.9 Å². The summed E-state index contributed by atoms with van der Waals surface area (Å²) in [5, 5.41) is 0. The molecule has 1 nitrogen and oxygen atoms in total. The number of carbonyl (C=O) groups excluding carboxylic acids is 1. The SMILES string of the molecule is CCCCCCCCC=C(C=O)CCCCCCC. The Kier molecular flexibility index (Phi) is 15.0. The summed E-state index contributed by atoms with van der Waals surface area (Å²) in [4.78, 5) is 11.0. The van der Waals surface area contributed by atoms with Crippen LogP contribution in [0.15, 0.2) is 11.6 Å². The van der Waals surface area contributed by atoms with Gasteiger partial charge in [0.15, 0.2) is 0 Å². The Hall–Kier alpha value is -0.590. The van der Waals surface area contributed by atoms with Gasteiger partial charge < -0.3 is 0 Å². The lowest BCUT2D eigenvalue weighted by Crippen LogP contribution is -1.87. The number of aldehydes is 1. The molecule has 0 bridgehead atoms. The smallest absolute Gasteiger partial charge is 0.145 e. The van der Waals surface area contributed by atoms with Crippen molar-refractivity contribution in [3.63, 3.8) is 0 Å². The fourth-order valence-electron chi connectivity index (χ4n) is 2.35. The molecule has 1 heteroatoms. The molecule has 112 valence electrons. The number of unbranched alkanes of at least 4 members (excludes halogenated alkanes) is 10. The van der Waals surface area contributed by atoms with E-state index in [0.29, 0.717) is 0 Å². The van der Waals surface area contributed by atoms with E-state index in [-0.39, 0.29) is 0 Å². The lowest BCUT2D eigenvalue weighted by molar-refractivity contribution is -0.105. The molecule has 0 aliphatic carbocycles. The van der Waals surface area contributed by atoms with E-state index >= 15 is 0 Å². The first kappa shape index (κ1) is 18.4. The summed E-state index contributed by atoms with van der Waals surface area (Å²) in [5.74, 6) is 0. The Bertz CT molecular complexity index is 218. The van der Waals surface area contributed by atoms with Crippen molar-refractivity contribution in [1.29, 1.82) is 0 Å². The zero-order valence-corrected chi connectivity index (χ0v) is 13.3. The second kappa shape index (κ2) is 15.5. The summed E-state index contributed by atoms with van der Waals surface area (Å²) in [6.45, 7) is 4.48. The van der Waals surface area contributed by atoms with Gasteiger partial charge in [0.1, 0.15) is 6.29 Å². The van der Waals surface area contributed by atoms with Crippen molar-refractivity contribution in [2.75, 3.05) is 0 Å². The van der Waals surface area contributed by atoms with Crippen LogP contribution in [0.5, 0.6) is 0 Å². The number of hydrogen-bond donors (Lipinski definition) is 0. The lowest BCUT2D eigenvalue weighted by Gasteiger charge is -2.02. The molecule has 0 amide bonds. The quantitative estimate of drug-likeness (QED) is 0.207. The lowest BCUT2D eigenvalue weighted by atomic mass is 10.0. The molecular formula is C18H34O. The zero-order chi connectivity index (χ0) is 14.2. The van der Waals surface area contributed by atoms with Gasteiger partial charge in [-0.15, -0.1) is 0 Å². The highest BCUT2D eigenvalue weighted by Gasteiger charge is 1.96. The van der Waals surface area contributed by atoms with Crippen molar-refractivity contribution < 1.29 is 4.79 Å². The first-order valence-corrected chi connectivity index (χ1v) is 8.49. The maximum Gasteiger partial charge on any atom is 0.145 e. The highest BCUT2D eigenvalue weighted by molar-refractivity contribution is 5.72. The van der Waals surface area contributed by atoms with E-state index < -0.39 is 0 Å². The second-order valence-corrected chi connectivity index (χ2v) is 5.62. The van der Waals surface area contributed by atoms with E-state index in [1.54, 1.807) is 0 Å². The Morgan fingerprint density at radius 1 is 0.737 bits per heavy atom. The van der Waals surface area contributed by atoms with Crippen LogP contribution in [0.2, 0.25) is 0 Å². The Morgan fingerprint density at radius 2 is 1.26 bits per heavy atom. The van der Waals surface area contributed by atoms with Gasteiger partial charge in [0.05, 0.1) is 0 Å². The van der Waals surface area contributed by atoms with E-state index in [1.165, 1.54) is 70.6 Å². The minimum Gasteiger partial charge on any atom is -0.298 e. The molecule has 0 unspecified atom stereocenters. The molecule has 0 rings (SSSR count). The molecule has 0 spiro atoms. The summed E-state index contributed by atoms with van der Waals surface area (Å²) < 4.78 is 0. The molecule has 0 aromatic rings. The van der Waals surface area contributed by atoms with Crippen LogP contribution in [0.25, 0.3) is 0 Å². The summed E-state index contributed by atoms with van der Waals surface area (Å²) in [7, 11) is 0. The van der Waals surface area contributed by atoms with Gasteiger partial charge in [0.25, 0.3) is 0 Å². The minimum atomic E-state index is 0.989. The largest absolute Gasteiger partial charge is 0.298 e. The molecule has 0 aromatic heterocycles. The molecule has 0 saturated carbocycles. The number of carbonyl (C=O) groups is 1. The van der Waals surface area contributed by atoms with Gasteiger partial charge in [-0.05, 0) is 31.3 Å². The predicted molar refractivity (Wildman–Crippen MR) is 85.5 cm³/mol. The monoisotopic (exact) mass is 266 g/mol. The maximum atomic E-state index is 11.0. The van der Waals surface area contributed by atoms with Crippen LogP contribution in [0.3, 0.4) is 0 Å². The van der Waals surface area contributed by atoms with Gasteiger partial charge in [-0.3, -0.25) is 4.79 Å². The highest BCUT2D eigenvalue weighted by Crippen LogP contribution is 2.12. The van der Waals surface area contributed by atoms with Crippen LogP contribution in [-0.4, -0.2) is 6.29 Å². The van der Waals surface area contributed by atoms with Crippen LogP contribution in [0.1, 0.15) is 97.3 Å². The highest BCUT2D eigenvalue weighted by atomic mass is 16.1. The van der Waals surface area contributed by atoms with Crippen molar-refractivity contribution in [3.05, 3.63) is 11.6 Å². The fraction of sp³-hybridized carbons (Fsp3) is 0.833. The number of rotatable bonds is 14. The van der Waals surface area contributed by atoms with Crippen molar-refractivity contribution in [3.8, 4) is 0 Å². The van der Waals surface area contributed by atoms with Crippen molar-refractivity contribution in [2.45, 2.75) is 97.3 Å². The molecule has 0 saturated heterocycles. The number of allylic oxidation sites excluding steroid dienone is 2. The summed E-state index contributed by atoms with van der Waals surface area (Å²) >= 11 is 0. The summed E-state index contributed by atoms with van der Waals surface area (Å²) in [6.07, 6.45) is 19.7. The van der Waals surface area contributed by atoms with Gasteiger partial charge in [-0.1, -0.05) is 77.7 Å². The van der Waals surface area contributed by atoms with E-state index in [9.17, 15) is 4.79 Å². The third kappa shape index (κ3) is 13.6. The van der Waals surface area contributed by atoms with E-state index in [1.807, 2.05) is 0 Å². The van der Waals surface area contributed by atoms with Crippen LogP contribution in [0, 0.1) is 0 Å². The van der Waals surface area contributed by atoms with Crippen molar-refractivity contribution in [2.24, 2.45) is 0 Å². The van der Waals surface area contributed by atoms with Gasteiger partial charge >= 0.3 is 0 Å². The molecule has 0 N–H and O–H groups in total. The molecule has 0 atom stereocenters. The standard InChI is InChI=1S/C18H34O/c1-3-5-7-9-10-12-14-16-18(17-19)15-13-11-8-6-4-2/h16-17H,3-15H2,1-2H3. The zero-order valence-electron chi connectivity index (χ0n) is 13.3. The van der Waals surface area contributed by atoms with E-state index in [0.717, 1.165) is 24.7 Å². The van der Waals surface area contributed by atoms with Crippen molar-refractivity contribution >= 4 is 6.29 Å². The first-order chi connectivity index (χ1) is 9.35. The van der Waals surface area contributed by atoms with E-state index in [4.69, 9.17) is 0 Å². The summed E-state index contributed by atoms with van der Waals surface area (Å²) in [6, 6.07) is 0. The normalized spacial score (nSPS) is 11.8. The Balaban J connectivity index is 3.49. The Labute approximate surface area is 120 Å². The maximum absolute atomic E-state index is 11.0. The first-order valence-electron chi connectivity index (χ1n) is 8.49. The Morgan fingerprint density at radius 3 is 1.84 bits per heavy atom. The molecule has 0 fully saturated rings. The van der Waals surface area contributed by atoms with Crippen LogP contribution >= 0.6 is 0 Å². The van der Waals surface area contributed by atoms with Gasteiger partial charge in [-0.2, -0.15) is 0 Å². The molecule has 0 aliphatic rings. The predicted octanol–water partition coefficient (Wildman–Crippen LogP) is 6.22. The van der Waals surface area contributed by atoms with Crippen LogP contribution < -0.4 is 0 Å². The average molecular weight is 266 g/mol. The third-order valence-corrected chi connectivity index (χ3v) is 3.68. The molecule has 0 aromatic carbocycles. The van der Waals surface area contributed by atoms with Gasteiger partial charge in [0, 0.05) is 0 Å². The van der Waals surface area contributed by atoms with Crippen molar-refractivity contribution in [1.82, 2.24) is 0 Å². The fourth-order valence-corrected chi connectivity index (χ4v) is 2.35. The topological polar surface area (TPSA) is 17.1 Å². The van der Waals surface area contributed by atoms with Gasteiger partial charge in [-0.25, -0.2) is 0 Å². The molecule has 0 heterocycles. The molecule has 0 aliphatic heterocycles. The molecule has 19 heavy (non-hydrogen) atoms. The summed E-state index contributed by atoms with van der Waals surface area (Å²) in [5.41, 5.74) is 1.03. The van der Waals surface area contributed by atoms with Gasteiger partial charge in [0.2, 0.25) is 0 Å². The van der Waals surface area contributed by atoms with Crippen LogP contribution in [0.4, 0.5) is 0 Å². The third-order valence-electron chi connectivity index (χ3n) is 3.68. The average Bonchev–Trinajstić information content (AvgIpc) is 2.44. The molecule has 0 radical (unpaired) electrons. The minimum absolute atomic E-state index is 0.989. The number of hydrogen-bond acceptors (Lipinski definition) is 1. The molecular weight excluding hydrogens is 232 g/mol.